The molecule has 0 rings (SSSR count). The van der Waals surface area contributed by atoms with Gasteiger partial charge in [0.25, 0.3) is 0 Å². The molecule has 13 heavy (non-hydrogen) atoms. The summed E-state index contributed by atoms with van der Waals surface area (Å²) < 4.78 is 0. The van der Waals surface area contributed by atoms with E-state index in [2.05, 4.69) is 38.0 Å². The Kier molecular flexibility index (Phi) is 6.29. The van der Waals surface area contributed by atoms with Crippen LogP contribution in [0.1, 0.15) is 27.2 Å². The Morgan fingerprint density at radius 1 is 1.38 bits per heavy atom. The van der Waals surface area contributed by atoms with Crippen molar-refractivity contribution in [2.45, 2.75) is 32.7 Å². The third-order valence-electron chi connectivity index (χ3n) is 2.18. The molecular formula is C10H24N2O. The van der Waals surface area contributed by atoms with E-state index in [0.717, 1.165) is 26.1 Å². The summed E-state index contributed by atoms with van der Waals surface area (Å²) in [7, 11) is 2.09. The first-order chi connectivity index (χ1) is 6.08. The summed E-state index contributed by atoms with van der Waals surface area (Å²) in [5, 5.41) is 12.6. The summed E-state index contributed by atoms with van der Waals surface area (Å²) >= 11 is 0. The van der Waals surface area contributed by atoms with Gasteiger partial charge in [-0.3, -0.25) is 0 Å². The van der Waals surface area contributed by atoms with Crippen LogP contribution < -0.4 is 5.32 Å². The molecule has 2 N–H and O–H groups in total. The monoisotopic (exact) mass is 188 g/mol. The van der Waals surface area contributed by atoms with E-state index >= 15 is 0 Å². The van der Waals surface area contributed by atoms with Gasteiger partial charge in [-0.25, -0.2) is 0 Å². The van der Waals surface area contributed by atoms with E-state index < -0.39 is 0 Å². The van der Waals surface area contributed by atoms with Gasteiger partial charge in [0, 0.05) is 6.54 Å². The molecule has 1 unspecified atom stereocenters. The molecule has 0 heterocycles. The lowest BCUT2D eigenvalue weighted by Gasteiger charge is -2.32. The van der Waals surface area contributed by atoms with E-state index in [1.165, 1.54) is 0 Å². The van der Waals surface area contributed by atoms with Crippen molar-refractivity contribution >= 4 is 0 Å². The van der Waals surface area contributed by atoms with Crippen LogP contribution in [0.4, 0.5) is 0 Å². The average molecular weight is 188 g/mol. The summed E-state index contributed by atoms with van der Waals surface area (Å²) in [4.78, 5) is 2.25. The van der Waals surface area contributed by atoms with Crippen molar-refractivity contribution < 1.29 is 5.11 Å². The zero-order valence-electron chi connectivity index (χ0n) is 9.43. The minimum absolute atomic E-state index is 0.154. The van der Waals surface area contributed by atoms with Gasteiger partial charge in [0.1, 0.15) is 0 Å². The molecule has 0 fully saturated rings. The standard InChI is InChI=1S/C10H24N2O/c1-5-7-12(4)8-10(3,9-13)11-6-2/h11,13H,5-9H2,1-4H3. The summed E-state index contributed by atoms with van der Waals surface area (Å²) in [6.45, 7) is 9.36. The maximum atomic E-state index is 9.24. The van der Waals surface area contributed by atoms with Gasteiger partial charge in [-0.2, -0.15) is 0 Å². The van der Waals surface area contributed by atoms with E-state index in [1.54, 1.807) is 0 Å². The second kappa shape index (κ2) is 6.35. The average Bonchev–Trinajstić information content (AvgIpc) is 2.05. The van der Waals surface area contributed by atoms with Gasteiger partial charge < -0.3 is 15.3 Å². The largest absolute Gasteiger partial charge is 0.394 e. The minimum Gasteiger partial charge on any atom is -0.394 e. The Balaban J connectivity index is 3.93. The van der Waals surface area contributed by atoms with Crippen LogP contribution in [0.2, 0.25) is 0 Å². The molecule has 0 saturated heterocycles. The van der Waals surface area contributed by atoms with Gasteiger partial charge in [-0.05, 0) is 33.5 Å². The van der Waals surface area contributed by atoms with Crippen molar-refractivity contribution in [1.82, 2.24) is 10.2 Å². The lowest BCUT2D eigenvalue weighted by atomic mass is 10.0. The summed E-state index contributed by atoms with van der Waals surface area (Å²) in [6.07, 6.45) is 1.16. The predicted octanol–water partition coefficient (Wildman–Crippen LogP) is 0.689. The highest BCUT2D eigenvalue weighted by Crippen LogP contribution is 2.04. The number of hydrogen-bond acceptors (Lipinski definition) is 3. The highest BCUT2D eigenvalue weighted by atomic mass is 16.3. The van der Waals surface area contributed by atoms with Gasteiger partial charge in [0.15, 0.2) is 0 Å². The van der Waals surface area contributed by atoms with Crippen molar-refractivity contribution in [2.75, 3.05) is 33.3 Å². The van der Waals surface area contributed by atoms with E-state index in [0.29, 0.717) is 0 Å². The van der Waals surface area contributed by atoms with Crippen LogP contribution >= 0.6 is 0 Å². The molecule has 0 spiro atoms. The molecule has 0 aliphatic heterocycles. The number of rotatable bonds is 7. The molecule has 0 aromatic carbocycles. The van der Waals surface area contributed by atoms with Crippen molar-refractivity contribution in [3.8, 4) is 0 Å². The molecule has 0 aromatic rings. The summed E-state index contributed by atoms with van der Waals surface area (Å²) in [5.74, 6) is 0. The van der Waals surface area contributed by atoms with Crippen LogP contribution in [0.25, 0.3) is 0 Å². The first-order valence-electron chi connectivity index (χ1n) is 5.12. The molecule has 0 aliphatic carbocycles. The quantitative estimate of drug-likeness (QED) is 0.617. The number of likely N-dealkylation sites (N-methyl/N-ethyl adjacent to an activating group) is 2. The van der Waals surface area contributed by atoms with Gasteiger partial charge >= 0.3 is 0 Å². The lowest BCUT2D eigenvalue weighted by Crippen LogP contribution is -2.53. The second-order valence-electron chi connectivity index (χ2n) is 3.99. The van der Waals surface area contributed by atoms with Crippen LogP contribution in [0, 0.1) is 0 Å². The van der Waals surface area contributed by atoms with Gasteiger partial charge in [0.2, 0.25) is 0 Å². The first-order valence-corrected chi connectivity index (χ1v) is 5.12. The van der Waals surface area contributed by atoms with Crippen molar-refractivity contribution in [3.63, 3.8) is 0 Å². The Morgan fingerprint density at radius 2 is 2.00 bits per heavy atom. The fraction of sp³-hybridized carbons (Fsp3) is 1.00. The third kappa shape index (κ3) is 5.24. The van der Waals surface area contributed by atoms with E-state index in [4.69, 9.17) is 0 Å². The van der Waals surface area contributed by atoms with Crippen molar-refractivity contribution in [3.05, 3.63) is 0 Å². The molecule has 0 radical (unpaired) electrons. The molecule has 1 atom stereocenters. The smallest absolute Gasteiger partial charge is 0.0623 e. The third-order valence-corrected chi connectivity index (χ3v) is 2.18. The van der Waals surface area contributed by atoms with Crippen LogP contribution in [-0.2, 0) is 0 Å². The molecule has 0 bridgehead atoms. The fourth-order valence-electron chi connectivity index (χ4n) is 1.65. The Labute approximate surface area is 82.1 Å². The molecule has 0 aliphatic rings. The number of nitrogens with zero attached hydrogens (tertiary/aromatic N) is 1. The lowest BCUT2D eigenvalue weighted by molar-refractivity contribution is 0.134. The Morgan fingerprint density at radius 3 is 2.38 bits per heavy atom. The zero-order chi connectivity index (χ0) is 10.3. The molecule has 3 nitrogen and oxygen atoms in total. The molecule has 0 amide bonds. The van der Waals surface area contributed by atoms with Crippen LogP contribution in [0.15, 0.2) is 0 Å². The number of aliphatic hydroxyl groups is 1. The molecule has 80 valence electrons. The number of nitrogens with one attached hydrogen (secondary N) is 1. The van der Waals surface area contributed by atoms with Gasteiger partial charge in [0.05, 0.1) is 12.1 Å². The normalized spacial score (nSPS) is 16.2. The van der Waals surface area contributed by atoms with Crippen LogP contribution in [0.5, 0.6) is 0 Å². The molecule has 0 saturated carbocycles. The highest BCUT2D eigenvalue weighted by Gasteiger charge is 2.23. The SMILES string of the molecule is CCCN(C)CC(C)(CO)NCC. The van der Waals surface area contributed by atoms with Crippen molar-refractivity contribution in [2.24, 2.45) is 0 Å². The van der Waals surface area contributed by atoms with E-state index in [1.807, 2.05) is 0 Å². The van der Waals surface area contributed by atoms with Crippen LogP contribution in [0.3, 0.4) is 0 Å². The van der Waals surface area contributed by atoms with Crippen LogP contribution in [-0.4, -0.2) is 48.8 Å². The maximum absolute atomic E-state index is 9.24. The second-order valence-corrected chi connectivity index (χ2v) is 3.99. The maximum Gasteiger partial charge on any atom is 0.0623 e. The summed E-state index contributed by atoms with van der Waals surface area (Å²) in [6, 6.07) is 0. The highest BCUT2D eigenvalue weighted by molar-refractivity contribution is 4.84. The van der Waals surface area contributed by atoms with Gasteiger partial charge in [-0.15, -0.1) is 0 Å². The van der Waals surface area contributed by atoms with Gasteiger partial charge in [-0.1, -0.05) is 13.8 Å². The topological polar surface area (TPSA) is 35.5 Å². The fourth-order valence-corrected chi connectivity index (χ4v) is 1.65. The number of hydrogen-bond donors (Lipinski definition) is 2. The Hall–Kier alpha value is -0.120. The minimum atomic E-state index is -0.154. The summed E-state index contributed by atoms with van der Waals surface area (Å²) in [5.41, 5.74) is -0.154. The van der Waals surface area contributed by atoms with E-state index in [-0.39, 0.29) is 12.1 Å². The molecule has 3 heteroatoms. The molecule has 0 aromatic heterocycles. The zero-order valence-corrected chi connectivity index (χ0v) is 9.43. The predicted molar refractivity (Wildman–Crippen MR) is 57.0 cm³/mol. The van der Waals surface area contributed by atoms with Crippen molar-refractivity contribution in [1.29, 1.82) is 0 Å². The molecular weight excluding hydrogens is 164 g/mol. The number of aliphatic hydroxyl groups excluding tert-OH is 1. The Bertz CT molecular complexity index is 130. The first kappa shape index (κ1) is 12.9. The van der Waals surface area contributed by atoms with E-state index in [9.17, 15) is 5.11 Å².